The van der Waals surface area contributed by atoms with Gasteiger partial charge in [0.15, 0.2) is 0 Å². The number of fused-ring (bicyclic) bond motifs is 1. The number of esters is 1. The predicted octanol–water partition coefficient (Wildman–Crippen LogP) is 4.70. The Bertz CT molecular complexity index is 912. The highest BCUT2D eigenvalue weighted by atomic mass is 16.6. The van der Waals surface area contributed by atoms with Crippen molar-refractivity contribution >= 4 is 34.9 Å². The molecular weight excluding hydrogens is 376 g/mol. The lowest BCUT2D eigenvalue weighted by Crippen LogP contribution is -2.44. The van der Waals surface area contributed by atoms with E-state index in [4.69, 9.17) is 14.2 Å². The third-order valence-corrected chi connectivity index (χ3v) is 3.48. The first-order chi connectivity index (χ1) is 13.3. The van der Waals surface area contributed by atoms with E-state index in [0.29, 0.717) is 16.5 Å². The van der Waals surface area contributed by atoms with E-state index in [-0.39, 0.29) is 5.82 Å². The summed E-state index contributed by atoms with van der Waals surface area (Å²) < 4.78 is 15.4. The maximum atomic E-state index is 12.7. The highest BCUT2D eigenvalue weighted by Crippen LogP contribution is 2.24. The monoisotopic (exact) mass is 402 g/mol. The van der Waals surface area contributed by atoms with Crippen molar-refractivity contribution in [2.75, 3.05) is 12.0 Å². The number of imide groups is 1. The molecule has 0 spiro atoms. The van der Waals surface area contributed by atoms with Crippen molar-refractivity contribution in [1.82, 2.24) is 4.98 Å². The Morgan fingerprint density at radius 3 is 1.90 bits per heavy atom. The maximum absolute atomic E-state index is 12.7. The van der Waals surface area contributed by atoms with Crippen LogP contribution in [0.3, 0.4) is 0 Å². The Labute approximate surface area is 169 Å². The molecule has 0 aliphatic carbocycles. The average molecular weight is 402 g/mol. The van der Waals surface area contributed by atoms with Crippen LogP contribution in [-0.2, 0) is 14.2 Å². The molecule has 0 saturated heterocycles. The van der Waals surface area contributed by atoms with Gasteiger partial charge in [-0.3, -0.25) is 0 Å². The topological polar surface area (TPSA) is 95.0 Å². The van der Waals surface area contributed by atoms with Gasteiger partial charge < -0.3 is 14.2 Å². The van der Waals surface area contributed by atoms with Crippen molar-refractivity contribution in [1.29, 1.82) is 0 Å². The lowest BCUT2D eigenvalue weighted by Gasteiger charge is -2.28. The molecule has 1 aromatic carbocycles. The van der Waals surface area contributed by atoms with Crippen LogP contribution in [0.5, 0.6) is 0 Å². The number of ether oxygens (including phenoxy) is 3. The van der Waals surface area contributed by atoms with Gasteiger partial charge in [0.1, 0.15) is 17.0 Å². The molecule has 0 atom stereocenters. The first-order valence-corrected chi connectivity index (χ1v) is 9.06. The third-order valence-electron chi connectivity index (χ3n) is 3.48. The van der Waals surface area contributed by atoms with Gasteiger partial charge in [0.25, 0.3) is 0 Å². The minimum absolute atomic E-state index is 0.0480. The summed E-state index contributed by atoms with van der Waals surface area (Å²) in [5.74, 6) is -0.424. The van der Waals surface area contributed by atoms with Gasteiger partial charge >= 0.3 is 18.2 Å². The van der Waals surface area contributed by atoms with E-state index < -0.39 is 29.4 Å². The van der Waals surface area contributed by atoms with Gasteiger partial charge in [-0.1, -0.05) is 0 Å². The number of hydrogen-bond donors (Lipinski definition) is 0. The first-order valence-electron chi connectivity index (χ1n) is 9.06. The third kappa shape index (κ3) is 5.91. The molecule has 2 aromatic rings. The summed E-state index contributed by atoms with van der Waals surface area (Å²) in [5, 5.41) is 0.643. The summed E-state index contributed by atoms with van der Waals surface area (Å²) >= 11 is 0. The molecule has 1 heterocycles. The number of hydrogen-bond acceptors (Lipinski definition) is 7. The number of nitrogens with zero attached hydrogens (tertiary/aromatic N) is 2. The summed E-state index contributed by atoms with van der Waals surface area (Å²) in [6.45, 7) is 10.2. The molecule has 0 saturated carbocycles. The molecule has 8 heteroatoms. The first kappa shape index (κ1) is 22.1. The number of carbonyl (C=O) groups excluding carboxylic acids is 3. The molecule has 0 fully saturated rings. The number of rotatable bonds is 2. The van der Waals surface area contributed by atoms with E-state index in [0.717, 1.165) is 4.90 Å². The molecular formula is C21H26N2O6. The maximum Gasteiger partial charge on any atom is 0.425 e. The summed E-state index contributed by atoms with van der Waals surface area (Å²) in [6, 6.07) is 7.90. The number of amides is 2. The van der Waals surface area contributed by atoms with Crippen molar-refractivity contribution in [2.45, 2.75) is 52.7 Å². The average Bonchev–Trinajstić information content (AvgIpc) is 2.57. The fourth-order valence-electron chi connectivity index (χ4n) is 2.36. The number of carbonyl (C=O) groups is 3. The largest absolute Gasteiger partial charge is 0.465 e. The van der Waals surface area contributed by atoms with Crippen LogP contribution in [0, 0.1) is 0 Å². The number of pyridine rings is 1. The summed E-state index contributed by atoms with van der Waals surface area (Å²) in [4.78, 5) is 42.2. The van der Waals surface area contributed by atoms with Crippen LogP contribution < -0.4 is 4.90 Å². The van der Waals surface area contributed by atoms with Crippen LogP contribution in [0.4, 0.5) is 15.4 Å². The van der Waals surface area contributed by atoms with Gasteiger partial charge in [-0.25, -0.2) is 19.4 Å². The molecule has 29 heavy (non-hydrogen) atoms. The van der Waals surface area contributed by atoms with Gasteiger partial charge in [-0.15, -0.1) is 0 Å². The highest BCUT2D eigenvalue weighted by molar-refractivity contribution is 6.09. The van der Waals surface area contributed by atoms with Crippen molar-refractivity contribution in [3.05, 3.63) is 35.9 Å². The van der Waals surface area contributed by atoms with Crippen molar-refractivity contribution < 1.29 is 28.6 Å². The lowest BCUT2D eigenvalue weighted by molar-refractivity contribution is 0.0428. The van der Waals surface area contributed by atoms with Gasteiger partial charge in [0.05, 0.1) is 18.2 Å². The zero-order chi connectivity index (χ0) is 22.0. The van der Waals surface area contributed by atoms with Crippen LogP contribution in [-0.4, -0.2) is 41.5 Å². The van der Waals surface area contributed by atoms with Crippen molar-refractivity contribution in [2.24, 2.45) is 0 Å². The zero-order valence-electron chi connectivity index (χ0n) is 17.7. The molecule has 0 bridgehead atoms. The highest BCUT2D eigenvalue weighted by Gasteiger charge is 2.33. The van der Waals surface area contributed by atoms with E-state index in [1.54, 1.807) is 65.8 Å². The van der Waals surface area contributed by atoms with Crippen LogP contribution in [0.2, 0.25) is 0 Å². The van der Waals surface area contributed by atoms with E-state index in [1.165, 1.54) is 13.2 Å². The van der Waals surface area contributed by atoms with Crippen LogP contribution >= 0.6 is 0 Å². The lowest BCUT2D eigenvalue weighted by atomic mass is 10.1. The fourth-order valence-corrected chi connectivity index (χ4v) is 2.36. The van der Waals surface area contributed by atoms with Crippen LogP contribution in [0.15, 0.2) is 30.3 Å². The Hall–Kier alpha value is -3.16. The Kier molecular flexibility index (Phi) is 6.15. The number of aromatic nitrogens is 1. The van der Waals surface area contributed by atoms with Gasteiger partial charge in [0, 0.05) is 5.39 Å². The number of methoxy groups -OCH3 is 1. The van der Waals surface area contributed by atoms with E-state index in [2.05, 4.69) is 4.98 Å². The standard InChI is InChI=1S/C21H26N2O6/c1-20(2,3)28-18(25)23(19(26)29-21(4,5)6)16-11-9-13-12-14(17(24)27-7)8-10-15(13)22-16/h8-12H,1-7H3. The van der Waals surface area contributed by atoms with Gasteiger partial charge in [-0.05, 0) is 71.9 Å². The van der Waals surface area contributed by atoms with Crippen molar-refractivity contribution in [3.63, 3.8) is 0 Å². The van der Waals surface area contributed by atoms with E-state index in [9.17, 15) is 14.4 Å². The summed E-state index contributed by atoms with van der Waals surface area (Å²) in [5.41, 5.74) is -0.786. The van der Waals surface area contributed by atoms with Crippen LogP contribution in [0.1, 0.15) is 51.9 Å². The Balaban J connectivity index is 2.48. The molecule has 0 unspecified atom stereocenters. The fraction of sp³-hybridized carbons (Fsp3) is 0.429. The normalized spacial score (nSPS) is 11.7. The molecule has 0 aliphatic heterocycles. The molecule has 156 valence electrons. The molecule has 2 rings (SSSR count). The molecule has 8 nitrogen and oxygen atoms in total. The van der Waals surface area contributed by atoms with Crippen LogP contribution in [0.25, 0.3) is 10.9 Å². The quantitative estimate of drug-likeness (QED) is 0.531. The predicted molar refractivity (Wildman–Crippen MR) is 108 cm³/mol. The molecule has 0 aliphatic rings. The minimum Gasteiger partial charge on any atom is -0.465 e. The molecule has 0 radical (unpaired) electrons. The SMILES string of the molecule is COC(=O)c1ccc2nc(N(C(=O)OC(C)(C)C)C(=O)OC(C)(C)C)ccc2c1. The van der Waals surface area contributed by atoms with E-state index in [1.807, 2.05) is 0 Å². The smallest absolute Gasteiger partial charge is 0.425 e. The van der Waals surface area contributed by atoms with Gasteiger partial charge in [0.2, 0.25) is 0 Å². The second-order valence-electron chi connectivity index (χ2n) is 8.36. The molecule has 1 aromatic heterocycles. The number of anilines is 1. The van der Waals surface area contributed by atoms with Gasteiger partial charge in [-0.2, -0.15) is 4.90 Å². The second-order valence-corrected chi connectivity index (χ2v) is 8.36. The zero-order valence-corrected chi connectivity index (χ0v) is 17.7. The van der Waals surface area contributed by atoms with E-state index >= 15 is 0 Å². The van der Waals surface area contributed by atoms with Crippen molar-refractivity contribution in [3.8, 4) is 0 Å². The number of benzene rings is 1. The second kappa shape index (κ2) is 8.06. The Morgan fingerprint density at radius 1 is 0.862 bits per heavy atom. The molecule has 0 N–H and O–H groups in total. The summed E-state index contributed by atoms with van der Waals surface area (Å²) in [6.07, 6.45) is -1.80. The Morgan fingerprint density at radius 2 is 1.41 bits per heavy atom. The summed E-state index contributed by atoms with van der Waals surface area (Å²) in [7, 11) is 1.30. The molecule has 2 amide bonds. The minimum atomic E-state index is -0.898.